The second-order valence-corrected chi connectivity index (χ2v) is 15.3. The summed E-state index contributed by atoms with van der Waals surface area (Å²) in [6.45, 7) is 12.8. The first-order valence-corrected chi connectivity index (χ1v) is 13.5. The second-order valence-electron chi connectivity index (χ2n) is 8.48. The van der Waals surface area contributed by atoms with Crippen LogP contribution in [0.15, 0.2) is 35.2 Å². The molecular formula is C19H32O5SSi. The zero-order chi connectivity index (χ0) is 19.8. The third-order valence-electron chi connectivity index (χ3n) is 5.58. The van der Waals surface area contributed by atoms with Crippen LogP contribution in [0.4, 0.5) is 0 Å². The van der Waals surface area contributed by atoms with Crippen molar-refractivity contribution in [2.45, 2.75) is 80.9 Å². The van der Waals surface area contributed by atoms with Gasteiger partial charge in [-0.05, 0) is 37.2 Å². The number of sulfone groups is 1. The van der Waals surface area contributed by atoms with Gasteiger partial charge in [0.25, 0.3) is 0 Å². The van der Waals surface area contributed by atoms with E-state index in [0.29, 0.717) is 0 Å². The first kappa shape index (κ1) is 21.6. The van der Waals surface area contributed by atoms with Crippen molar-refractivity contribution in [2.24, 2.45) is 0 Å². The van der Waals surface area contributed by atoms with Gasteiger partial charge in [-0.15, -0.1) is 0 Å². The van der Waals surface area contributed by atoms with Gasteiger partial charge in [-0.25, -0.2) is 8.42 Å². The molecule has 1 fully saturated rings. The van der Waals surface area contributed by atoms with Crippen molar-refractivity contribution >= 4 is 18.2 Å². The third-order valence-corrected chi connectivity index (χ3v) is 12.0. The van der Waals surface area contributed by atoms with Crippen molar-refractivity contribution in [1.82, 2.24) is 0 Å². The van der Waals surface area contributed by atoms with E-state index in [9.17, 15) is 8.42 Å². The number of ether oxygens (including phenoxy) is 2. The molecule has 0 N–H and O–H groups in total. The average molecular weight is 401 g/mol. The molecule has 1 aliphatic heterocycles. The number of methoxy groups -OCH3 is 1. The van der Waals surface area contributed by atoms with Crippen LogP contribution < -0.4 is 0 Å². The molecule has 0 bridgehead atoms. The SMILES string of the molecule is CO[C@H]1C[C@@H](S(=O)(=O)c2ccccc2)O[C@@H](C)[C@@H]1O[Si](C)(C)C(C)(C)C. The maximum Gasteiger partial charge on any atom is 0.205 e. The van der Waals surface area contributed by atoms with Crippen molar-refractivity contribution in [1.29, 1.82) is 0 Å². The predicted molar refractivity (Wildman–Crippen MR) is 105 cm³/mol. The molecule has 5 nitrogen and oxygen atoms in total. The molecule has 26 heavy (non-hydrogen) atoms. The molecule has 4 atom stereocenters. The first-order valence-electron chi connectivity index (χ1n) is 9.05. The van der Waals surface area contributed by atoms with E-state index in [-0.39, 0.29) is 34.7 Å². The largest absolute Gasteiger partial charge is 0.409 e. The van der Waals surface area contributed by atoms with E-state index in [2.05, 4.69) is 33.9 Å². The molecule has 1 aromatic rings. The summed E-state index contributed by atoms with van der Waals surface area (Å²) in [5.74, 6) is 0. The first-order chi connectivity index (χ1) is 11.9. The highest BCUT2D eigenvalue weighted by Crippen LogP contribution is 2.40. The quantitative estimate of drug-likeness (QED) is 0.699. The van der Waals surface area contributed by atoms with Crippen molar-refractivity contribution in [3.05, 3.63) is 30.3 Å². The lowest BCUT2D eigenvalue weighted by molar-refractivity contribution is -0.144. The maximum atomic E-state index is 12.9. The summed E-state index contributed by atoms with van der Waals surface area (Å²) in [6, 6.07) is 8.43. The molecule has 0 aliphatic carbocycles. The van der Waals surface area contributed by atoms with Gasteiger partial charge in [-0.1, -0.05) is 39.0 Å². The monoisotopic (exact) mass is 400 g/mol. The topological polar surface area (TPSA) is 61.8 Å². The molecule has 2 rings (SSSR count). The predicted octanol–water partition coefficient (Wildman–Crippen LogP) is 4.00. The van der Waals surface area contributed by atoms with E-state index in [1.54, 1.807) is 37.4 Å². The van der Waals surface area contributed by atoms with Crippen LogP contribution >= 0.6 is 0 Å². The maximum absolute atomic E-state index is 12.9. The summed E-state index contributed by atoms with van der Waals surface area (Å²) < 4.78 is 44.0. The van der Waals surface area contributed by atoms with Crippen LogP contribution in [0.1, 0.15) is 34.1 Å². The summed E-state index contributed by atoms with van der Waals surface area (Å²) in [6.07, 6.45) is -0.706. The van der Waals surface area contributed by atoms with Crippen LogP contribution in [0.5, 0.6) is 0 Å². The Morgan fingerprint density at radius 1 is 1.15 bits per heavy atom. The zero-order valence-corrected chi connectivity index (χ0v) is 18.7. The van der Waals surface area contributed by atoms with Crippen molar-refractivity contribution < 1.29 is 22.3 Å². The Kier molecular flexibility index (Phi) is 6.40. The van der Waals surface area contributed by atoms with E-state index in [0.717, 1.165) is 0 Å². The molecule has 148 valence electrons. The average Bonchev–Trinajstić information content (AvgIpc) is 2.56. The highest BCUT2D eigenvalue weighted by molar-refractivity contribution is 7.91. The van der Waals surface area contributed by atoms with Crippen molar-refractivity contribution in [3.63, 3.8) is 0 Å². The van der Waals surface area contributed by atoms with E-state index >= 15 is 0 Å². The van der Waals surface area contributed by atoms with Crippen LogP contribution in [0.25, 0.3) is 0 Å². The van der Waals surface area contributed by atoms with Gasteiger partial charge in [0.1, 0.15) is 0 Å². The number of hydrogen-bond acceptors (Lipinski definition) is 5. The van der Waals surface area contributed by atoms with Crippen molar-refractivity contribution in [2.75, 3.05) is 7.11 Å². The van der Waals surface area contributed by atoms with Gasteiger partial charge in [-0.3, -0.25) is 0 Å². The molecule has 0 radical (unpaired) electrons. The van der Waals surface area contributed by atoms with E-state index < -0.39 is 23.6 Å². The van der Waals surface area contributed by atoms with Gasteiger partial charge in [0.2, 0.25) is 9.84 Å². The minimum atomic E-state index is -3.58. The molecule has 0 spiro atoms. The Hall–Kier alpha value is -0.733. The molecule has 1 aliphatic rings. The lowest BCUT2D eigenvalue weighted by atomic mass is 10.0. The Labute approximate surface area is 159 Å². The second kappa shape index (κ2) is 7.71. The van der Waals surface area contributed by atoms with Gasteiger partial charge >= 0.3 is 0 Å². The number of rotatable bonds is 5. The van der Waals surface area contributed by atoms with Gasteiger partial charge in [0.05, 0.1) is 23.2 Å². The fourth-order valence-corrected chi connectivity index (χ4v) is 5.86. The molecule has 1 aromatic carbocycles. The van der Waals surface area contributed by atoms with Crippen LogP contribution in [0, 0.1) is 0 Å². The highest BCUT2D eigenvalue weighted by Gasteiger charge is 2.47. The van der Waals surface area contributed by atoms with E-state index in [1.165, 1.54) is 0 Å². The van der Waals surface area contributed by atoms with Crippen LogP contribution in [0.3, 0.4) is 0 Å². The normalized spacial score (nSPS) is 28.1. The molecule has 7 heteroatoms. The summed E-state index contributed by atoms with van der Waals surface area (Å²) >= 11 is 0. The minimum absolute atomic E-state index is 0.0535. The van der Waals surface area contributed by atoms with Gasteiger partial charge < -0.3 is 13.9 Å². The Morgan fingerprint density at radius 3 is 2.23 bits per heavy atom. The van der Waals surface area contributed by atoms with Crippen LogP contribution in [0.2, 0.25) is 18.1 Å². The molecule has 0 saturated carbocycles. The fraction of sp³-hybridized carbons (Fsp3) is 0.684. The smallest absolute Gasteiger partial charge is 0.205 e. The number of benzene rings is 1. The van der Waals surface area contributed by atoms with Crippen LogP contribution in [-0.2, 0) is 23.7 Å². The summed E-state index contributed by atoms with van der Waals surface area (Å²) in [5.41, 5.74) is -0.927. The Morgan fingerprint density at radius 2 is 1.73 bits per heavy atom. The van der Waals surface area contributed by atoms with E-state index in [1.807, 2.05) is 6.92 Å². The zero-order valence-electron chi connectivity index (χ0n) is 16.9. The lowest BCUT2D eigenvalue weighted by Gasteiger charge is -2.46. The van der Waals surface area contributed by atoms with Gasteiger partial charge in [-0.2, -0.15) is 0 Å². The molecular weight excluding hydrogens is 368 g/mol. The summed E-state index contributed by atoms with van der Waals surface area (Å²) in [4.78, 5) is 0.274. The highest BCUT2D eigenvalue weighted by atomic mass is 32.2. The minimum Gasteiger partial charge on any atom is -0.409 e. The molecule has 0 amide bonds. The molecule has 1 heterocycles. The summed E-state index contributed by atoms with van der Waals surface area (Å²) in [7, 11) is -4.01. The Bertz CT molecular complexity index is 696. The Balaban J connectivity index is 2.23. The molecule has 1 saturated heterocycles. The fourth-order valence-electron chi connectivity index (χ4n) is 2.88. The molecule has 0 unspecified atom stereocenters. The molecule has 0 aromatic heterocycles. The van der Waals surface area contributed by atoms with Crippen LogP contribution in [-0.4, -0.2) is 47.6 Å². The van der Waals surface area contributed by atoms with Crippen molar-refractivity contribution in [3.8, 4) is 0 Å². The third kappa shape index (κ3) is 4.39. The van der Waals surface area contributed by atoms with Gasteiger partial charge in [0, 0.05) is 13.5 Å². The summed E-state index contributed by atoms with van der Waals surface area (Å²) in [5, 5.41) is 0.0535. The standard InChI is InChI=1S/C19H32O5SSi/c1-14-18(24-26(6,7)19(2,3)4)16(22-5)13-17(23-14)25(20,21)15-11-9-8-10-12-15/h8-12,14,16-18H,13H2,1-7H3/t14-,16-,17+,18-/m0/s1. The van der Waals surface area contributed by atoms with Gasteiger partial charge in [0.15, 0.2) is 13.8 Å². The number of hydrogen-bond donors (Lipinski definition) is 0. The van der Waals surface area contributed by atoms with E-state index in [4.69, 9.17) is 13.9 Å². The lowest BCUT2D eigenvalue weighted by Crippen LogP contribution is -2.56.